The van der Waals surface area contributed by atoms with Crippen LogP contribution in [0.15, 0.2) is 29.8 Å². The van der Waals surface area contributed by atoms with E-state index in [2.05, 4.69) is 11.4 Å². The zero-order valence-electron chi connectivity index (χ0n) is 14.8. The highest BCUT2D eigenvalue weighted by atomic mass is 35.5. The molecule has 0 saturated carbocycles. The van der Waals surface area contributed by atoms with Crippen molar-refractivity contribution in [2.24, 2.45) is 0 Å². The number of nitrogens with zero attached hydrogens (tertiary/aromatic N) is 1. The van der Waals surface area contributed by atoms with Gasteiger partial charge >= 0.3 is 0 Å². The molecule has 1 aliphatic carbocycles. The van der Waals surface area contributed by atoms with E-state index in [1.807, 2.05) is 0 Å². The van der Waals surface area contributed by atoms with Gasteiger partial charge in [0, 0.05) is 18.5 Å². The van der Waals surface area contributed by atoms with Gasteiger partial charge in [-0.2, -0.15) is 0 Å². The largest absolute Gasteiger partial charge is 0.495 e. The Morgan fingerprint density at radius 1 is 1.32 bits per heavy atom. The van der Waals surface area contributed by atoms with Gasteiger partial charge in [-0.1, -0.05) is 23.3 Å². The first-order chi connectivity index (χ1) is 12.0. The maximum atomic E-state index is 12.3. The molecule has 0 aliphatic heterocycles. The van der Waals surface area contributed by atoms with E-state index in [1.54, 1.807) is 23.1 Å². The van der Waals surface area contributed by atoms with Crippen molar-refractivity contribution in [3.63, 3.8) is 0 Å². The maximum Gasteiger partial charge on any atom is 0.244 e. The molecule has 0 atom stereocenters. The number of amides is 2. The highest BCUT2D eigenvalue weighted by Gasteiger charge is 2.16. The van der Waals surface area contributed by atoms with Crippen molar-refractivity contribution < 1.29 is 14.3 Å². The van der Waals surface area contributed by atoms with Crippen molar-refractivity contribution in [1.82, 2.24) is 4.90 Å². The highest BCUT2D eigenvalue weighted by Crippen LogP contribution is 2.27. The minimum absolute atomic E-state index is 0.0122. The molecule has 1 N–H and O–H groups in total. The zero-order chi connectivity index (χ0) is 18.2. The summed E-state index contributed by atoms with van der Waals surface area (Å²) in [6.07, 6.45) is 7.75. The summed E-state index contributed by atoms with van der Waals surface area (Å²) in [6.45, 7) is 2.06. The van der Waals surface area contributed by atoms with Gasteiger partial charge in [0.2, 0.25) is 11.8 Å². The van der Waals surface area contributed by atoms with Crippen LogP contribution < -0.4 is 10.1 Å². The third-order valence-corrected chi connectivity index (χ3v) is 4.54. The lowest BCUT2D eigenvalue weighted by Crippen LogP contribution is -2.37. The first-order valence-electron chi connectivity index (χ1n) is 8.56. The van der Waals surface area contributed by atoms with Gasteiger partial charge in [0.25, 0.3) is 0 Å². The van der Waals surface area contributed by atoms with E-state index in [1.165, 1.54) is 32.4 Å². The van der Waals surface area contributed by atoms with Gasteiger partial charge in [-0.15, -0.1) is 0 Å². The van der Waals surface area contributed by atoms with E-state index in [0.717, 1.165) is 19.3 Å². The smallest absolute Gasteiger partial charge is 0.244 e. The summed E-state index contributed by atoms with van der Waals surface area (Å²) in [5.74, 6) is 0.150. The van der Waals surface area contributed by atoms with Crippen LogP contribution in [-0.4, -0.2) is 36.9 Å². The molecule has 0 unspecified atom stereocenters. The number of halogens is 1. The Labute approximate surface area is 154 Å². The molecule has 1 aromatic rings. The van der Waals surface area contributed by atoms with Gasteiger partial charge in [0.05, 0.1) is 19.3 Å². The number of allylic oxidation sites excluding steroid dienone is 1. The third kappa shape index (κ3) is 6.09. The molecule has 0 heterocycles. The second-order valence-electron chi connectivity index (χ2n) is 6.19. The van der Waals surface area contributed by atoms with Crippen molar-refractivity contribution in [1.29, 1.82) is 0 Å². The lowest BCUT2D eigenvalue weighted by Gasteiger charge is -2.22. The predicted molar refractivity (Wildman–Crippen MR) is 100 cm³/mol. The van der Waals surface area contributed by atoms with E-state index in [4.69, 9.17) is 16.3 Å². The first kappa shape index (κ1) is 19.3. The summed E-state index contributed by atoms with van der Waals surface area (Å²) < 4.78 is 5.22. The third-order valence-electron chi connectivity index (χ3n) is 4.30. The summed E-state index contributed by atoms with van der Waals surface area (Å²) in [5.41, 5.74) is 1.88. The second-order valence-corrected chi connectivity index (χ2v) is 6.63. The Kier molecular flexibility index (Phi) is 7.31. The summed E-state index contributed by atoms with van der Waals surface area (Å²) in [4.78, 5) is 25.8. The summed E-state index contributed by atoms with van der Waals surface area (Å²) in [5, 5.41) is 3.27. The minimum Gasteiger partial charge on any atom is -0.495 e. The Morgan fingerprint density at radius 3 is 2.76 bits per heavy atom. The fourth-order valence-electron chi connectivity index (χ4n) is 2.90. The van der Waals surface area contributed by atoms with E-state index in [0.29, 0.717) is 23.0 Å². The van der Waals surface area contributed by atoms with E-state index < -0.39 is 0 Å². The monoisotopic (exact) mass is 364 g/mol. The summed E-state index contributed by atoms with van der Waals surface area (Å²) in [6, 6.07) is 5.01. The van der Waals surface area contributed by atoms with Crippen LogP contribution >= 0.6 is 11.6 Å². The molecule has 0 radical (unpaired) electrons. The molecular weight excluding hydrogens is 340 g/mol. The first-order valence-corrected chi connectivity index (χ1v) is 8.94. The Hall–Kier alpha value is -2.01. The lowest BCUT2D eigenvalue weighted by atomic mass is 9.97. The van der Waals surface area contributed by atoms with Gasteiger partial charge < -0.3 is 15.0 Å². The van der Waals surface area contributed by atoms with E-state index >= 15 is 0 Å². The number of carbonyl (C=O) groups excluding carboxylic acids is 2. The number of methoxy groups -OCH3 is 1. The fourth-order valence-corrected chi connectivity index (χ4v) is 3.07. The quantitative estimate of drug-likeness (QED) is 0.743. The maximum absolute atomic E-state index is 12.3. The van der Waals surface area contributed by atoms with Crippen molar-refractivity contribution in [3.05, 3.63) is 34.9 Å². The Bertz CT molecular complexity index is 658. The topological polar surface area (TPSA) is 58.6 Å². The van der Waals surface area contributed by atoms with Crippen molar-refractivity contribution >= 4 is 29.1 Å². The van der Waals surface area contributed by atoms with Crippen LogP contribution in [0.4, 0.5) is 5.69 Å². The summed E-state index contributed by atoms with van der Waals surface area (Å²) >= 11 is 5.97. The number of carbonyl (C=O) groups is 2. The van der Waals surface area contributed by atoms with Crippen LogP contribution in [0.5, 0.6) is 5.75 Å². The van der Waals surface area contributed by atoms with Crippen LogP contribution in [0.25, 0.3) is 0 Å². The lowest BCUT2D eigenvalue weighted by molar-refractivity contribution is -0.132. The van der Waals surface area contributed by atoms with E-state index in [9.17, 15) is 9.59 Å². The van der Waals surface area contributed by atoms with Gasteiger partial charge in [0.15, 0.2) is 0 Å². The number of anilines is 1. The van der Waals surface area contributed by atoms with Gasteiger partial charge in [0.1, 0.15) is 5.75 Å². The molecule has 0 bridgehead atoms. The Morgan fingerprint density at radius 2 is 2.12 bits per heavy atom. The molecule has 0 aromatic heterocycles. The second kappa shape index (κ2) is 9.47. The van der Waals surface area contributed by atoms with E-state index in [-0.39, 0.29) is 18.4 Å². The number of nitrogens with one attached hydrogen (secondary N) is 1. The van der Waals surface area contributed by atoms with Gasteiger partial charge in [-0.25, -0.2) is 0 Å². The number of benzene rings is 1. The molecule has 0 fully saturated rings. The number of rotatable bonds is 7. The van der Waals surface area contributed by atoms with Crippen LogP contribution in [0.3, 0.4) is 0 Å². The van der Waals surface area contributed by atoms with Crippen LogP contribution in [0.2, 0.25) is 5.02 Å². The molecule has 1 aromatic carbocycles. The number of hydrogen-bond acceptors (Lipinski definition) is 3. The Balaban J connectivity index is 1.94. The molecule has 136 valence electrons. The van der Waals surface area contributed by atoms with Crippen molar-refractivity contribution in [2.75, 3.05) is 25.5 Å². The standard InChI is InChI=1S/C19H25ClN2O3/c1-14(23)22(11-10-15-6-4-3-5-7-15)13-19(24)21-17-12-16(20)8-9-18(17)25-2/h6,8-9,12H,3-5,7,10-11,13H2,1-2H3,(H,21,24). The molecular formula is C19H25ClN2O3. The van der Waals surface area contributed by atoms with Crippen LogP contribution in [0.1, 0.15) is 39.0 Å². The van der Waals surface area contributed by atoms with Crippen LogP contribution in [0, 0.1) is 0 Å². The summed E-state index contributed by atoms with van der Waals surface area (Å²) in [7, 11) is 1.53. The average Bonchev–Trinajstić information content (AvgIpc) is 2.59. The fraction of sp³-hybridized carbons (Fsp3) is 0.474. The molecule has 5 nitrogen and oxygen atoms in total. The molecule has 2 amide bonds. The highest BCUT2D eigenvalue weighted by molar-refractivity contribution is 6.31. The number of hydrogen-bond donors (Lipinski definition) is 1. The predicted octanol–water partition coefficient (Wildman–Crippen LogP) is 4.03. The van der Waals surface area contributed by atoms with Crippen molar-refractivity contribution in [3.8, 4) is 5.75 Å². The van der Waals surface area contributed by atoms with Gasteiger partial charge in [-0.3, -0.25) is 9.59 Å². The van der Waals surface area contributed by atoms with Gasteiger partial charge in [-0.05, 0) is 50.3 Å². The number of ether oxygens (including phenoxy) is 1. The molecule has 1 aliphatic rings. The molecule has 0 saturated heterocycles. The normalized spacial score (nSPS) is 13.8. The van der Waals surface area contributed by atoms with Crippen LogP contribution in [-0.2, 0) is 9.59 Å². The molecule has 0 spiro atoms. The SMILES string of the molecule is COc1ccc(Cl)cc1NC(=O)CN(CCC1=CCCCC1)C(C)=O. The zero-order valence-corrected chi connectivity index (χ0v) is 15.6. The van der Waals surface area contributed by atoms with Crippen molar-refractivity contribution in [2.45, 2.75) is 39.0 Å². The average molecular weight is 365 g/mol. The molecule has 25 heavy (non-hydrogen) atoms. The molecule has 6 heteroatoms. The molecule has 2 rings (SSSR count). The minimum atomic E-state index is -0.270.